The lowest BCUT2D eigenvalue weighted by molar-refractivity contribution is -0.456. The van der Waals surface area contributed by atoms with Gasteiger partial charge in [0.05, 0.1) is 50.8 Å². The standard InChI is InChI=1S/C56H36N6O6/c63-51-41-39(45(57-51)33-19-7-1-8-20-33)53(65)59(47(41)35-23-11-3-12-24-35)31-61-49(37-27-15-5-16-28-37)43-44(55(61)67)50(38-29-17-6-18-30-38)62(56(43)68)32-60-48(36-25-13-4-14-26-36)42-40(54(60)66)46(58-52(42)64)34-21-9-2-10-22-34/h1-30,41H,31-32H2,(H-,57,58,63,64,65,66)/p+1. The Kier molecular flexibility index (Phi) is 9.29. The van der Waals surface area contributed by atoms with Crippen LogP contribution in [0.1, 0.15) is 43.7 Å². The summed E-state index contributed by atoms with van der Waals surface area (Å²) in [6.45, 7) is -0.621. The first-order valence-corrected chi connectivity index (χ1v) is 22.1. The van der Waals surface area contributed by atoms with Gasteiger partial charge in [0.1, 0.15) is 12.2 Å². The second-order valence-corrected chi connectivity index (χ2v) is 16.8. The zero-order valence-corrected chi connectivity index (χ0v) is 36.0. The molecule has 1 atom stereocenters. The van der Waals surface area contributed by atoms with E-state index in [-0.39, 0.29) is 64.4 Å². The van der Waals surface area contributed by atoms with E-state index in [1.165, 1.54) is 18.9 Å². The molecule has 0 aliphatic carbocycles. The quantitative estimate of drug-likeness (QED) is 0.137. The lowest BCUT2D eigenvalue weighted by atomic mass is 9.92. The Morgan fingerprint density at radius 3 is 1.53 bits per heavy atom. The number of aromatic nitrogens is 1. The van der Waals surface area contributed by atoms with Crippen LogP contribution < -0.4 is 5.32 Å². The molecule has 1 aromatic heterocycles. The molecule has 5 amide bonds. The molecule has 0 saturated carbocycles. The lowest BCUT2D eigenvalue weighted by Gasteiger charge is -2.26. The van der Waals surface area contributed by atoms with Gasteiger partial charge >= 0.3 is 5.91 Å². The van der Waals surface area contributed by atoms with E-state index in [1.807, 2.05) is 170 Å². The number of carbonyl (C=O) groups is 5. The van der Waals surface area contributed by atoms with Crippen LogP contribution >= 0.6 is 0 Å². The van der Waals surface area contributed by atoms with Crippen LogP contribution in [-0.2, 0) is 25.8 Å². The minimum absolute atomic E-state index is 0.109. The maximum Gasteiger partial charge on any atom is 0.420 e. The van der Waals surface area contributed by atoms with Crippen LogP contribution in [0.5, 0.6) is 5.88 Å². The van der Waals surface area contributed by atoms with Crippen molar-refractivity contribution in [3.63, 3.8) is 0 Å². The van der Waals surface area contributed by atoms with Crippen LogP contribution in [-0.4, -0.2) is 71.7 Å². The Hall–Kier alpha value is -9.29. The number of hydrogen-bond donors (Lipinski definition) is 2. The van der Waals surface area contributed by atoms with E-state index in [9.17, 15) is 14.7 Å². The minimum Gasteiger partial charge on any atom is -0.494 e. The first-order chi connectivity index (χ1) is 33.3. The molecule has 68 heavy (non-hydrogen) atoms. The summed E-state index contributed by atoms with van der Waals surface area (Å²) in [5.41, 5.74) is 6.64. The molecular formula is C56H37N6O6+. The number of hydrogen-bond acceptors (Lipinski definition) is 6. The molecule has 6 heterocycles. The third-order valence-electron chi connectivity index (χ3n) is 13.1. The molecule has 0 spiro atoms. The lowest BCUT2D eigenvalue weighted by Crippen LogP contribution is -2.39. The number of nitrogens with one attached hydrogen (secondary N) is 1. The Morgan fingerprint density at radius 2 is 0.985 bits per heavy atom. The number of aromatic hydroxyl groups is 1. The van der Waals surface area contributed by atoms with Crippen LogP contribution in [0.2, 0.25) is 0 Å². The van der Waals surface area contributed by atoms with Gasteiger partial charge in [-0.15, -0.1) is 4.58 Å². The molecule has 1 unspecified atom stereocenters. The van der Waals surface area contributed by atoms with Crippen LogP contribution in [0.3, 0.4) is 0 Å². The number of rotatable bonds is 10. The van der Waals surface area contributed by atoms with E-state index in [2.05, 4.69) is 10.3 Å². The molecule has 6 aromatic carbocycles. The van der Waals surface area contributed by atoms with Crippen LogP contribution in [0.15, 0.2) is 204 Å². The molecule has 0 bridgehead atoms. The van der Waals surface area contributed by atoms with Gasteiger partial charge in [0.15, 0.2) is 5.92 Å². The molecular weight excluding hydrogens is 853 g/mol. The Bertz CT molecular complexity index is 3500. The van der Waals surface area contributed by atoms with Crippen molar-refractivity contribution in [1.29, 1.82) is 0 Å². The van der Waals surface area contributed by atoms with E-state index < -0.39 is 29.5 Å². The topological polar surface area (TPSA) is 144 Å². The maximum absolute atomic E-state index is 15.6. The molecule has 5 aliphatic heterocycles. The van der Waals surface area contributed by atoms with E-state index in [1.54, 1.807) is 12.1 Å². The molecule has 2 N–H and O–H groups in total. The molecule has 326 valence electrons. The second kappa shape index (κ2) is 15.7. The second-order valence-electron chi connectivity index (χ2n) is 16.8. The fourth-order valence-corrected chi connectivity index (χ4v) is 10.2. The molecule has 12 rings (SSSR count). The van der Waals surface area contributed by atoms with Crippen molar-refractivity contribution < 1.29 is 33.7 Å². The summed E-state index contributed by atoms with van der Waals surface area (Å²) in [5, 5.41) is 15.3. The smallest absolute Gasteiger partial charge is 0.420 e. The van der Waals surface area contributed by atoms with Gasteiger partial charge < -0.3 is 10.4 Å². The predicted molar refractivity (Wildman–Crippen MR) is 254 cm³/mol. The first-order valence-electron chi connectivity index (χ1n) is 22.1. The van der Waals surface area contributed by atoms with Gasteiger partial charge in [-0.2, -0.15) is 0 Å². The molecule has 12 nitrogen and oxygen atoms in total. The molecule has 12 heteroatoms. The number of benzene rings is 6. The van der Waals surface area contributed by atoms with Gasteiger partial charge in [-0.25, -0.2) is 14.7 Å². The van der Waals surface area contributed by atoms with Crippen molar-refractivity contribution in [2.75, 3.05) is 6.67 Å². The van der Waals surface area contributed by atoms with Crippen LogP contribution in [0.25, 0.3) is 28.3 Å². The largest absolute Gasteiger partial charge is 0.494 e. The number of fused-ring (bicyclic) bond motifs is 3. The van der Waals surface area contributed by atoms with E-state index in [0.717, 1.165) is 0 Å². The van der Waals surface area contributed by atoms with E-state index in [4.69, 9.17) is 0 Å². The fraction of sp³-hybridized carbons (Fsp3) is 0.0536. The first kappa shape index (κ1) is 40.2. The summed E-state index contributed by atoms with van der Waals surface area (Å²) in [7, 11) is 0. The van der Waals surface area contributed by atoms with Crippen molar-refractivity contribution >= 4 is 58.1 Å². The summed E-state index contributed by atoms with van der Waals surface area (Å²) >= 11 is 0. The normalized spacial score (nSPS) is 17.5. The monoisotopic (exact) mass is 889 g/mol. The summed E-state index contributed by atoms with van der Waals surface area (Å²) in [6.07, 6.45) is 0. The summed E-state index contributed by atoms with van der Waals surface area (Å²) in [6, 6.07) is 54.8. The molecule has 0 radical (unpaired) electrons. The summed E-state index contributed by atoms with van der Waals surface area (Å²) < 4.78 is 3.02. The van der Waals surface area contributed by atoms with Gasteiger partial charge in [-0.05, 0) is 34.4 Å². The SMILES string of the molecule is O=C1N=C(c2ccccc2)c2c1c(-c1ccccc1)n(CN1C(=O)C3=C(c4ccccc4)N(C[N+]4=C(c5ccccc5)C5C(=O)NC(c6ccccc6)=C5C4=O)C(=O)C3=C1c1ccccc1)c2O. The van der Waals surface area contributed by atoms with Crippen molar-refractivity contribution in [2.24, 2.45) is 10.9 Å². The zero-order valence-electron chi connectivity index (χ0n) is 36.0. The molecule has 0 fully saturated rings. The van der Waals surface area contributed by atoms with Gasteiger partial charge in [0.25, 0.3) is 17.7 Å². The summed E-state index contributed by atoms with van der Waals surface area (Å²) in [5.74, 6) is -3.65. The van der Waals surface area contributed by atoms with Crippen LogP contribution in [0, 0.1) is 5.92 Å². The third-order valence-corrected chi connectivity index (χ3v) is 13.1. The number of carbonyl (C=O) groups excluding carboxylic acids is 5. The Morgan fingerprint density at radius 1 is 0.529 bits per heavy atom. The van der Waals surface area contributed by atoms with E-state index >= 15 is 14.4 Å². The van der Waals surface area contributed by atoms with Crippen molar-refractivity contribution in [3.05, 3.63) is 238 Å². The highest BCUT2D eigenvalue weighted by molar-refractivity contribution is 6.32. The predicted octanol–water partition coefficient (Wildman–Crippen LogP) is 7.47. The van der Waals surface area contributed by atoms with Gasteiger partial charge in [-0.1, -0.05) is 170 Å². The average molecular weight is 890 g/mol. The Balaban J connectivity index is 1.04. The highest BCUT2D eigenvalue weighted by atomic mass is 16.3. The minimum atomic E-state index is -0.963. The van der Waals surface area contributed by atoms with Crippen molar-refractivity contribution in [3.8, 4) is 17.1 Å². The van der Waals surface area contributed by atoms with E-state index in [0.29, 0.717) is 56.2 Å². The Labute approximate surface area is 389 Å². The van der Waals surface area contributed by atoms with Gasteiger partial charge in [-0.3, -0.25) is 28.6 Å². The third kappa shape index (κ3) is 6.04. The van der Waals surface area contributed by atoms with Crippen LogP contribution in [0.4, 0.5) is 0 Å². The highest BCUT2D eigenvalue weighted by Crippen LogP contribution is 2.49. The number of aliphatic imine (C=N–C) groups is 1. The fourth-order valence-electron chi connectivity index (χ4n) is 10.2. The number of amides is 5. The molecule has 5 aliphatic rings. The highest BCUT2D eigenvalue weighted by Gasteiger charge is 2.58. The zero-order chi connectivity index (χ0) is 46.2. The summed E-state index contributed by atoms with van der Waals surface area (Å²) in [4.78, 5) is 81.6. The van der Waals surface area contributed by atoms with Crippen molar-refractivity contribution in [2.45, 2.75) is 6.67 Å². The molecule has 0 saturated heterocycles. The van der Waals surface area contributed by atoms with Gasteiger partial charge in [0.2, 0.25) is 24.2 Å². The number of nitrogens with zero attached hydrogens (tertiary/aromatic N) is 5. The van der Waals surface area contributed by atoms with Gasteiger partial charge in [0, 0.05) is 11.1 Å². The maximum atomic E-state index is 15.6. The average Bonchev–Trinajstić information content (AvgIpc) is 4.20. The van der Waals surface area contributed by atoms with Crippen molar-refractivity contribution in [1.82, 2.24) is 19.7 Å². The molecule has 7 aromatic rings.